The largest absolute Gasteiger partial charge is 0.493 e. The summed E-state index contributed by atoms with van der Waals surface area (Å²) in [5.74, 6) is 1.09. The molecule has 1 aliphatic heterocycles. The Morgan fingerprint density at radius 3 is 2.24 bits per heavy atom. The molecule has 0 atom stereocenters. The van der Waals surface area contributed by atoms with Crippen LogP contribution in [-0.4, -0.2) is 31.1 Å². The van der Waals surface area contributed by atoms with Gasteiger partial charge in [-0.3, -0.25) is 0 Å². The van der Waals surface area contributed by atoms with Gasteiger partial charge in [-0.1, -0.05) is 24.1 Å². The van der Waals surface area contributed by atoms with Gasteiger partial charge in [0, 0.05) is 0 Å². The normalized spacial score (nSPS) is 16.1. The van der Waals surface area contributed by atoms with E-state index in [4.69, 9.17) is 4.74 Å². The lowest BCUT2D eigenvalue weighted by Gasteiger charge is -2.26. The first-order valence-electron chi connectivity index (χ1n) is 8.60. The van der Waals surface area contributed by atoms with E-state index in [-0.39, 0.29) is 0 Å². The first-order chi connectivity index (χ1) is 10.2. The lowest BCUT2D eigenvalue weighted by atomic mass is 10.1. The number of hydrogen-bond acceptors (Lipinski definition) is 2. The third-order valence-electron chi connectivity index (χ3n) is 4.42. The van der Waals surface area contributed by atoms with Gasteiger partial charge < -0.3 is 9.64 Å². The molecule has 0 bridgehead atoms. The number of unbranched alkanes of at least 4 members (excludes halogenated alkanes) is 2. The van der Waals surface area contributed by atoms with Crippen molar-refractivity contribution < 1.29 is 4.74 Å². The summed E-state index contributed by atoms with van der Waals surface area (Å²) in [5.41, 5.74) is 3.85. The second kappa shape index (κ2) is 8.43. The summed E-state index contributed by atoms with van der Waals surface area (Å²) in [4.78, 5) is 2.62. The second-order valence-corrected chi connectivity index (χ2v) is 6.54. The minimum absolute atomic E-state index is 0.852. The molecule has 21 heavy (non-hydrogen) atoms. The summed E-state index contributed by atoms with van der Waals surface area (Å²) < 4.78 is 6.00. The van der Waals surface area contributed by atoms with Crippen LogP contribution in [0.15, 0.2) is 12.1 Å². The number of rotatable bonds is 7. The first-order valence-corrected chi connectivity index (χ1v) is 8.60. The van der Waals surface area contributed by atoms with Crippen LogP contribution in [0.25, 0.3) is 0 Å². The summed E-state index contributed by atoms with van der Waals surface area (Å²) in [5, 5.41) is 0. The van der Waals surface area contributed by atoms with Gasteiger partial charge in [0.05, 0.1) is 6.61 Å². The second-order valence-electron chi connectivity index (χ2n) is 6.54. The zero-order valence-corrected chi connectivity index (χ0v) is 14.1. The quantitative estimate of drug-likeness (QED) is 0.678. The predicted molar refractivity (Wildman–Crippen MR) is 90.3 cm³/mol. The van der Waals surface area contributed by atoms with E-state index in [9.17, 15) is 0 Å². The van der Waals surface area contributed by atoms with Crippen molar-refractivity contribution in [2.45, 2.75) is 59.3 Å². The molecule has 2 rings (SSSR count). The summed E-state index contributed by atoms with van der Waals surface area (Å²) in [6.07, 6.45) is 7.99. The Kier molecular flexibility index (Phi) is 6.56. The van der Waals surface area contributed by atoms with Crippen molar-refractivity contribution in [3.8, 4) is 5.75 Å². The van der Waals surface area contributed by atoms with Crippen molar-refractivity contribution in [2.24, 2.45) is 0 Å². The lowest BCUT2D eigenvalue weighted by Crippen LogP contribution is -2.30. The molecule has 118 valence electrons. The Hall–Kier alpha value is -1.02. The fourth-order valence-electron chi connectivity index (χ4n) is 3.37. The molecule has 0 N–H and O–H groups in total. The molecule has 1 aromatic carbocycles. The third-order valence-corrected chi connectivity index (χ3v) is 4.42. The van der Waals surface area contributed by atoms with Crippen LogP contribution in [0.5, 0.6) is 5.75 Å². The minimum Gasteiger partial charge on any atom is -0.493 e. The van der Waals surface area contributed by atoms with Crippen LogP contribution in [0.4, 0.5) is 0 Å². The van der Waals surface area contributed by atoms with Gasteiger partial charge in [-0.25, -0.2) is 0 Å². The molecular weight excluding hydrogens is 258 g/mol. The van der Waals surface area contributed by atoms with Crippen molar-refractivity contribution in [1.29, 1.82) is 0 Å². The summed E-state index contributed by atoms with van der Waals surface area (Å²) in [6, 6.07) is 4.41. The van der Waals surface area contributed by atoms with E-state index in [1.165, 1.54) is 74.8 Å². The van der Waals surface area contributed by atoms with Crippen molar-refractivity contribution >= 4 is 0 Å². The molecule has 0 spiro atoms. The highest BCUT2D eigenvalue weighted by atomic mass is 16.5. The molecule has 1 heterocycles. The van der Waals surface area contributed by atoms with Crippen molar-refractivity contribution in [3.05, 3.63) is 28.8 Å². The van der Waals surface area contributed by atoms with E-state index >= 15 is 0 Å². The van der Waals surface area contributed by atoms with Gasteiger partial charge in [0.25, 0.3) is 0 Å². The van der Waals surface area contributed by atoms with Gasteiger partial charge >= 0.3 is 0 Å². The maximum absolute atomic E-state index is 6.00. The van der Waals surface area contributed by atoms with Crippen molar-refractivity contribution in [3.63, 3.8) is 0 Å². The molecule has 0 saturated carbocycles. The number of likely N-dealkylation sites (tertiary alicyclic amines) is 1. The standard InChI is InChI=1S/C19H31NO/c1-16-14-17(2)19(18(3)15-16)21-13-9-5-8-12-20-10-6-4-7-11-20/h14-15H,4-13H2,1-3H3. The number of piperidine rings is 1. The van der Waals surface area contributed by atoms with E-state index in [0.717, 1.165) is 12.4 Å². The number of hydrogen-bond donors (Lipinski definition) is 0. The van der Waals surface area contributed by atoms with Gasteiger partial charge in [0.15, 0.2) is 0 Å². The van der Waals surface area contributed by atoms with Gasteiger partial charge in [-0.2, -0.15) is 0 Å². The Balaban J connectivity index is 1.61. The number of benzene rings is 1. The molecule has 1 saturated heterocycles. The molecule has 1 fully saturated rings. The van der Waals surface area contributed by atoms with Crippen LogP contribution in [-0.2, 0) is 0 Å². The number of aryl methyl sites for hydroxylation is 3. The maximum atomic E-state index is 6.00. The molecule has 0 radical (unpaired) electrons. The average molecular weight is 289 g/mol. The Morgan fingerprint density at radius 1 is 0.905 bits per heavy atom. The zero-order valence-electron chi connectivity index (χ0n) is 14.1. The zero-order chi connectivity index (χ0) is 15.1. The van der Waals surface area contributed by atoms with Crippen molar-refractivity contribution in [1.82, 2.24) is 4.90 Å². The van der Waals surface area contributed by atoms with Crippen LogP contribution in [0.2, 0.25) is 0 Å². The summed E-state index contributed by atoms with van der Waals surface area (Å²) >= 11 is 0. The fraction of sp³-hybridized carbons (Fsp3) is 0.684. The van der Waals surface area contributed by atoms with E-state index in [0.29, 0.717) is 0 Å². The Labute approximate surface area is 130 Å². The van der Waals surface area contributed by atoms with Crippen LogP contribution in [0.1, 0.15) is 55.2 Å². The molecule has 1 aromatic rings. The Bertz CT molecular complexity index is 412. The molecular formula is C19H31NO. The molecule has 0 amide bonds. The SMILES string of the molecule is Cc1cc(C)c(OCCCCCN2CCCCC2)c(C)c1. The van der Waals surface area contributed by atoms with E-state index in [2.05, 4.69) is 37.8 Å². The van der Waals surface area contributed by atoms with E-state index in [1.54, 1.807) is 0 Å². The Morgan fingerprint density at radius 2 is 1.57 bits per heavy atom. The highest BCUT2D eigenvalue weighted by Gasteiger charge is 2.09. The number of ether oxygens (including phenoxy) is 1. The monoisotopic (exact) mass is 289 g/mol. The highest BCUT2D eigenvalue weighted by molar-refractivity contribution is 5.42. The third kappa shape index (κ3) is 5.35. The van der Waals surface area contributed by atoms with Crippen LogP contribution in [0.3, 0.4) is 0 Å². The lowest BCUT2D eigenvalue weighted by molar-refractivity contribution is 0.220. The highest BCUT2D eigenvalue weighted by Crippen LogP contribution is 2.24. The van der Waals surface area contributed by atoms with Gasteiger partial charge in [0.1, 0.15) is 5.75 Å². The van der Waals surface area contributed by atoms with Gasteiger partial charge in [-0.05, 0) is 83.6 Å². The first kappa shape index (κ1) is 16.4. The average Bonchev–Trinajstić information content (AvgIpc) is 2.45. The topological polar surface area (TPSA) is 12.5 Å². The van der Waals surface area contributed by atoms with Gasteiger partial charge in [0.2, 0.25) is 0 Å². The number of nitrogens with zero attached hydrogens (tertiary/aromatic N) is 1. The van der Waals surface area contributed by atoms with E-state index in [1.807, 2.05) is 0 Å². The van der Waals surface area contributed by atoms with Crippen molar-refractivity contribution in [2.75, 3.05) is 26.2 Å². The molecule has 0 aliphatic carbocycles. The molecule has 1 aliphatic rings. The van der Waals surface area contributed by atoms with Gasteiger partial charge in [-0.15, -0.1) is 0 Å². The molecule has 0 unspecified atom stereocenters. The molecule has 2 heteroatoms. The van der Waals surface area contributed by atoms with Crippen LogP contribution >= 0.6 is 0 Å². The molecule has 2 nitrogen and oxygen atoms in total. The smallest absolute Gasteiger partial charge is 0.125 e. The molecule has 0 aromatic heterocycles. The fourth-order valence-corrected chi connectivity index (χ4v) is 3.37. The summed E-state index contributed by atoms with van der Waals surface area (Å²) in [7, 11) is 0. The minimum atomic E-state index is 0.852. The maximum Gasteiger partial charge on any atom is 0.125 e. The predicted octanol–water partition coefficient (Wildman–Crippen LogP) is 4.65. The van der Waals surface area contributed by atoms with Crippen LogP contribution in [0, 0.1) is 20.8 Å². The van der Waals surface area contributed by atoms with E-state index < -0.39 is 0 Å². The van der Waals surface area contributed by atoms with Crippen LogP contribution < -0.4 is 4.74 Å². The summed E-state index contributed by atoms with van der Waals surface area (Å²) in [6.45, 7) is 11.2.